The average Bonchev–Trinajstić information content (AvgIpc) is 3.18. The summed E-state index contributed by atoms with van der Waals surface area (Å²) in [5.74, 6) is -1.93. The van der Waals surface area contributed by atoms with Crippen LogP contribution in [0.25, 0.3) is 0 Å². The Morgan fingerprint density at radius 3 is 1.64 bits per heavy atom. The summed E-state index contributed by atoms with van der Waals surface area (Å²) in [5.41, 5.74) is 7.20. The number of likely N-dealkylation sites (tertiary alicyclic amines) is 1. The number of carbonyl (C=O) groups is 6. The van der Waals surface area contributed by atoms with Gasteiger partial charge in [-0.05, 0) is 57.6 Å². The zero-order chi connectivity index (χ0) is 40.8. The maximum atomic E-state index is 12.9. The zero-order valence-electron chi connectivity index (χ0n) is 32.9. The van der Waals surface area contributed by atoms with Crippen molar-refractivity contribution < 1.29 is 38.6 Å². The predicted octanol–water partition coefficient (Wildman–Crippen LogP) is 3.29. The van der Waals surface area contributed by atoms with Gasteiger partial charge in [-0.15, -0.1) is 0 Å². The molecule has 2 aromatic rings. The summed E-state index contributed by atoms with van der Waals surface area (Å²) < 4.78 is 5.36. The number of hydrogen-bond acceptors (Lipinski definition) is 9. The molecule has 2 atom stereocenters. The van der Waals surface area contributed by atoms with E-state index in [0.717, 1.165) is 16.9 Å². The molecule has 5 rings (SSSR count). The van der Waals surface area contributed by atoms with Gasteiger partial charge in [0, 0.05) is 71.7 Å². The fourth-order valence-corrected chi connectivity index (χ4v) is 6.77. The normalized spacial score (nSPS) is 18.3. The highest BCUT2D eigenvalue weighted by atomic mass is 16.6. The van der Waals surface area contributed by atoms with Crippen LogP contribution in [0.3, 0.4) is 0 Å². The van der Waals surface area contributed by atoms with Gasteiger partial charge in [-0.3, -0.25) is 14.4 Å². The molecule has 0 aliphatic carbocycles. The second-order valence-corrected chi connectivity index (χ2v) is 15.2. The molecular formula is C41H57N7O8. The minimum absolute atomic E-state index is 0.0169. The molecule has 0 radical (unpaired) electrons. The van der Waals surface area contributed by atoms with E-state index in [2.05, 4.69) is 11.9 Å². The number of piperazine rings is 2. The first-order valence-corrected chi connectivity index (χ1v) is 19.3. The van der Waals surface area contributed by atoms with Crippen molar-refractivity contribution in [3.05, 3.63) is 84.2 Å². The van der Waals surface area contributed by atoms with Gasteiger partial charge in [0.15, 0.2) is 6.04 Å². The van der Waals surface area contributed by atoms with Crippen molar-refractivity contribution in [2.45, 2.75) is 70.9 Å². The molecule has 0 saturated carbocycles. The lowest BCUT2D eigenvalue weighted by atomic mass is 9.83. The van der Waals surface area contributed by atoms with Crippen molar-refractivity contribution in [3.8, 4) is 0 Å². The second-order valence-electron chi connectivity index (χ2n) is 15.2. The van der Waals surface area contributed by atoms with E-state index >= 15 is 0 Å². The minimum Gasteiger partial charge on any atom is -0.480 e. The molecule has 15 nitrogen and oxygen atoms in total. The second kappa shape index (κ2) is 20.4. The molecule has 56 heavy (non-hydrogen) atoms. The van der Waals surface area contributed by atoms with Crippen LogP contribution in [0, 0.1) is 5.92 Å². The van der Waals surface area contributed by atoms with E-state index in [0.29, 0.717) is 83.7 Å². The minimum atomic E-state index is -1.20. The largest absolute Gasteiger partial charge is 0.480 e. The summed E-state index contributed by atoms with van der Waals surface area (Å²) in [7, 11) is 0. The summed E-state index contributed by atoms with van der Waals surface area (Å²) in [4.78, 5) is 81.5. The van der Waals surface area contributed by atoms with Crippen LogP contribution < -0.4 is 11.1 Å². The molecule has 1 unspecified atom stereocenters. The number of carbonyl (C=O) groups excluding carboxylic acids is 5. The number of nitrogens with one attached hydrogen (secondary N) is 1. The Morgan fingerprint density at radius 2 is 1.21 bits per heavy atom. The van der Waals surface area contributed by atoms with Crippen molar-refractivity contribution in [3.63, 3.8) is 0 Å². The third kappa shape index (κ3) is 12.7. The number of urea groups is 1. The van der Waals surface area contributed by atoms with E-state index < -0.39 is 35.5 Å². The number of carboxylic acids is 1. The summed E-state index contributed by atoms with van der Waals surface area (Å²) in [5, 5.41) is 12.4. The van der Waals surface area contributed by atoms with E-state index in [1.807, 2.05) is 86.3 Å². The van der Waals surface area contributed by atoms with Crippen LogP contribution in [-0.4, -0.2) is 136 Å². The topological polar surface area (TPSA) is 186 Å². The number of aryl methyl sites for hydroxylation is 2. The van der Waals surface area contributed by atoms with Gasteiger partial charge >= 0.3 is 18.1 Å². The lowest BCUT2D eigenvalue weighted by molar-refractivity contribution is -0.167. The van der Waals surface area contributed by atoms with Gasteiger partial charge < -0.3 is 40.5 Å². The zero-order valence-corrected chi connectivity index (χ0v) is 32.9. The number of benzene rings is 2. The Hall–Kier alpha value is -5.60. The van der Waals surface area contributed by atoms with Crippen LogP contribution in [0.5, 0.6) is 0 Å². The number of nitrogens with zero attached hydrogens (tertiary/aromatic N) is 5. The summed E-state index contributed by atoms with van der Waals surface area (Å²) >= 11 is 0. The van der Waals surface area contributed by atoms with Crippen LogP contribution in [0.2, 0.25) is 0 Å². The van der Waals surface area contributed by atoms with Crippen molar-refractivity contribution in [2.75, 3.05) is 58.9 Å². The van der Waals surface area contributed by atoms with Crippen LogP contribution >= 0.6 is 0 Å². The first-order chi connectivity index (χ1) is 26.6. The fourth-order valence-electron chi connectivity index (χ4n) is 6.77. The fraction of sp³-hybridized carbons (Fsp3) is 0.512. The van der Waals surface area contributed by atoms with Gasteiger partial charge in [0.05, 0.1) is 11.7 Å². The highest BCUT2D eigenvalue weighted by Gasteiger charge is 2.55. The van der Waals surface area contributed by atoms with Crippen LogP contribution in [-0.2, 0) is 36.8 Å². The van der Waals surface area contributed by atoms with Gasteiger partial charge in [0.1, 0.15) is 5.60 Å². The quantitative estimate of drug-likeness (QED) is 0.214. The molecule has 3 fully saturated rings. The third-order valence-corrected chi connectivity index (χ3v) is 9.84. The molecule has 4 N–H and O–H groups in total. The molecule has 0 bridgehead atoms. The predicted molar refractivity (Wildman–Crippen MR) is 210 cm³/mol. The maximum Gasteiger partial charge on any atom is 0.410 e. The molecule has 0 aromatic heterocycles. The Bertz CT molecular complexity index is 1670. The molecular weight excluding hydrogens is 718 g/mol. The summed E-state index contributed by atoms with van der Waals surface area (Å²) in [6, 6.07) is 18.0. The van der Waals surface area contributed by atoms with Crippen molar-refractivity contribution in [1.29, 1.82) is 0 Å². The number of ether oxygens (including phenoxy) is 1. The number of imide groups is 1. The average molecular weight is 776 g/mol. The van der Waals surface area contributed by atoms with Crippen LogP contribution in [0.4, 0.5) is 9.59 Å². The van der Waals surface area contributed by atoms with Crippen molar-refractivity contribution in [1.82, 2.24) is 29.8 Å². The molecule has 3 aliphatic rings. The number of amides is 6. The summed E-state index contributed by atoms with van der Waals surface area (Å²) in [6.07, 6.45) is 2.87. The molecule has 6 amide bonds. The number of hydrogen-bond donors (Lipinski definition) is 3. The number of β-lactam (4-membered cyclic amide) rings is 1. The van der Waals surface area contributed by atoms with Crippen molar-refractivity contribution >= 4 is 35.8 Å². The van der Waals surface area contributed by atoms with E-state index in [1.54, 1.807) is 9.80 Å². The number of nitrogens with two attached hydrogens (primary N) is 1. The molecule has 304 valence electrons. The van der Waals surface area contributed by atoms with Gasteiger partial charge in [-0.2, -0.15) is 0 Å². The van der Waals surface area contributed by atoms with Gasteiger partial charge in [0.2, 0.25) is 17.7 Å². The summed E-state index contributed by atoms with van der Waals surface area (Å²) in [6.45, 7) is 13.0. The first kappa shape index (κ1) is 43.1. The smallest absolute Gasteiger partial charge is 0.410 e. The molecule has 2 aromatic carbocycles. The van der Waals surface area contributed by atoms with Gasteiger partial charge in [-0.25, -0.2) is 19.3 Å². The first-order valence-electron chi connectivity index (χ1n) is 19.3. The third-order valence-electron chi connectivity index (χ3n) is 9.84. The molecule has 15 heteroatoms. The van der Waals surface area contributed by atoms with E-state index in [4.69, 9.17) is 10.5 Å². The Morgan fingerprint density at radius 1 is 0.768 bits per heavy atom. The maximum absolute atomic E-state index is 12.9. The standard InChI is InChI=1S/C23H31N5O5.C18H26N2O3/c1-16(24)25-11-5-8-18-20(22(31)32)28(21(18)30)23(33)27-14-12-26(13-15-27)19(29)10-9-17-6-3-2-4-7-17;1-18(2,3)23-17(22)20-13-11-19(12-14-20)16(21)10-9-15-7-5-4-6-8-15/h2-4,6-7,18,20,25H,1,5,8-15,24H2,(H,31,32);4-8H,9-14H2,1-3H3/t18-,20?;/m1./s1. The lowest BCUT2D eigenvalue weighted by Crippen LogP contribution is -2.69. The van der Waals surface area contributed by atoms with E-state index in [-0.39, 0.29) is 31.0 Å². The number of carboxylic acid groups (broad SMARTS) is 1. The molecule has 3 saturated heterocycles. The monoisotopic (exact) mass is 775 g/mol. The van der Waals surface area contributed by atoms with Crippen molar-refractivity contribution in [2.24, 2.45) is 11.7 Å². The van der Waals surface area contributed by atoms with E-state index in [1.165, 1.54) is 10.5 Å². The van der Waals surface area contributed by atoms with Crippen LogP contribution in [0.15, 0.2) is 73.1 Å². The molecule has 0 spiro atoms. The number of aliphatic carboxylic acids is 1. The van der Waals surface area contributed by atoms with Crippen LogP contribution in [0.1, 0.15) is 57.6 Å². The highest BCUT2D eigenvalue weighted by Crippen LogP contribution is 2.32. The lowest BCUT2D eigenvalue weighted by Gasteiger charge is -2.46. The van der Waals surface area contributed by atoms with Gasteiger partial charge in [0.25, 0.3) is 0 Å². The van der Waals surface area contributed by atoms with Gasteiger partial charge in [-0.1, -0.05) is 67.2 Å². The Kier molecular flexibility index (Phi) is 15.7. The molecule has 3 aliphatic heterocycles. The number of rotatable bonds is 12. The highest BCUT2D eigenvalue weighted by molar-refractivity contribution is 6.07. The van der Waals surface area contributed by atoms with E-state index in [9.17, 15) is 33.9 Å². The Balaban J connectivity index is 0.000000265. The Labute approximate surface area is 329 Å². The molecule has 3 heterocycles. The SMILES string of the molecule is C=C(N)NCCC[C@H]1C(=O)N(C(=O)N2CCN(C(=O)CCc3ccccc3)CC2)C1C(=O)O.CC(C)(C)OC(=O)N1CCN(C(=O)CCc2ccccc2)CC1.